The Hall–Kier alpha value is -2.91. The van der Waals surface area contributed by atoms with E-state index in [1.54, 1.807) is 49.6 Å². The lowest BCUT2D eigenvalue weighted by molar-refractivity contribution is 0.0993. The van der Waals surface area contributed by atoms with Crippen LogP contribution in [-0.4, -0.2) is 17.9 Å². The summed E-state index contributed by atoms with van der Waals surface area (Å²) >= 11 is 0. The van der Waals surface area contributed by atoms with Gasteiger partial charge in [-0.2, -0.15) is 5.26 Å². The van der Waals surface area contributed by atoms with Crippen LogP contribution < -0.4 is 16.2 Å². The molecule has 0 bridgehead atoms. The van der Waals surface area contributed by atoms with Crippen LogP contribution in [0.5, 0.6) is 0 Å². The van der Waals surface area contributed by atoms with Gasteiger partial charge in [-0.25, -0.2) is 10.8 Å². The SMILES string of the molecule is CN(C(=O)c1cccnc1NN)c1ccc(C#N)cc1. The molecular formula is C14H13N5O. The lowest BCUT2D eigenvalue weighted by Gasteiger charge is -2.18. The first-order valence-corrected chi connectivity index (χ1v) is 5.87. The number of rotatable bonds is 3. The van der Waals surface area contributed by atoms with Gasteiger partial charge in [-0.3, -0.25) is 4.79 Å². The molecule has 2 rings (SSSR count). The monoisotopic (exact) mass is 267 g/mol. The molecule has 0 atom stereocenters. The zero-order valence-corrected chi connectivity index (χ0v) is 10.9. The standard InChI is InChI=1S/C14H13N5O/c1-19(11-6-4-10(9-15)5-7-11)14(20)12-3-2-8-17-13(12)18-16/h2-8H,16H2,1H3,(H,17,18). The fraction of sp³-hybridized carbons (Fsp3) is 0.0714. The lowest BCUT2D eigenvalue weighted by Crippen LogP contribution is -2.28. The Labute approximate surface area is 116 Å². The zero-order valence-electron chi connectivity index (χ0n) is 10.9. The van der Waals surface area contributed by atoms with Crippen molar-refractivity contribution in [3.05, 3.63) is 53.7 Å². The average Bonchev–Trinajstić information content (AvgIpc) is 2.53. The predicted octanol–water partition coefficient (Wildman–Crippen LogP) is 1.52. The number of carbonyl (C=O) groups excluding carboxylic acids is 1. The molecule has 20 heavy (non-hydrogen) atoms. The molecule has 1 aromatic heterocycles. The van der Waals surface area contributed by atoms with Crippen LogP contribution >= 0.6 is 0 Å². The Kier molecular flexibility index (Phi) is 3.93. The van der Waals surface area contributed by atoms with E-state index in [1.807, 2.05) is 6.07 Å². The quantitative estimate of drug-likeness (QED) is 0.649. The van der Waals surface area contributed by atoms with Crippen molar-refractivity contribution in [1.29, 1.82) is 5.26 Å². The third kappa shape index (κ3) is 2.58. The van der Waals surface area contributed by atoms with Crippen molar-refractivity contribution in [3.8, 4) is 6.07 Å². The molecule has 0 saturated heterocycles. The minimum absolute atomic E-state index is 0.240. The molecule has 6 nitrogen and oxygen atoms in total. The van der Waals surface area contributed by atoms with E-state index in [1.165, 1.54) is 4.90 Å². The Morgan fingerprint density at radius 1 is 1.35 bits per heavy atom. The van der Waals surface area contributed by atoms with Gasteiger partial charge >= 0.3 is 0 Å². The summed E-state index contributed by atoms with van der Waals surface area (Å²) in [5.41, 5.74) is 4.00. The molecule has 0 aliphatic rings. The van der Waals surface area contributed by atoms with Gasteiger partial charge in [0.25, 0.3) is 5.91 Å². The maximum Gasteiger partial charge on any atom is 0.261 e. The number of hydrazine groups is 1. The summed E-state index contributed by atoms with van der Waals surface area (Å²) in [5, 5.41) is 8.76. The lowest BCUT2D eigenvalue weighted by atomic mass is 10.2. The summed E-state index contributed by atoms with van der Waals surface area (Å²) < 4.78 is 0. The third-order valence-corrected chi connectivity index (χ3v) is 2.86. The molecule has 1 amide bonds. The average molecular weight is 267 g/mol. The maximum atomic E-state index is 12.4. The number of pyridine rings is 1. The Morgan fingerprint density at radius 3 is 2.65 bits per heavy atom. The normalized spacial score (nSPS) is 9.65. The van der Waals surface area contributed by atoms with E-state index in [-0.39, 0.29) is 5.91 Å². The van der Waals surface area contributed by atoms with Crippen LogP contribution in [0, 0.1) is 11.3 Å². The summed E-state index contributed by atoms with van der Waals surface area (Å²) in [6.45, 7) is 0. The number of nitrogens with zero attached hydrogens (tertiary/aromatic N) is 3. The van der Waals surface area contributed by atoms with Crippen LogP contribution in [0.25, 0.3) is 0 Å². The fourth-order valence-electron chi connectivity index (χ4n) is 1.75. The van der Waals surface area contributed by atoms with E-state index >= 15 is 0 Å². The van der Waals surface area contributed by atoms with Gasteiger partial charge in [0.15, 0.2) is 5.82 Å². The van der Waals surface area contributed by atoms with Gasteiger partial charge in [0.2, 0.25) is 0 Å². The summed E-state index contributed by atoms with van der Waals surface area (Å²) in [7, 11) is 1.65. The molecular weight excluding hydrogens is 254 g/mol. The smallest absolute Gasteiger partial charge is 0.261 e. The summed E-state index contributed by atoms with van der Waals surface area (Å²) in [4.78, 5) is 17.9. The summed E-state index contributed by atoms with van der Waals surface area (Å²) in [6, 6.07) is 12.1. The van der Waals surface area contributed by atoms with Gasteiger partial charge < -0.3 is 10.3 Å². The molecule has 0 aliphatic heterocycles. The third-order valence-electron chi connectivity index (χ3n) is 2.86. The highest BCUT2D eigenvalue weighted by Gasteiger charge is 2.17. The molecule has 100 valence electrons. The molecule has 3 N–H and O–H groups in total. The number of amides is 1. The van der Waals surface area contributed by atoms with Gasteiger partial charge in [-0.1, -0.05) is 0 Å². The molecule has 1 aromatic carbocycles. The highest BCUT2D eigenvalue weighted by molar-refractivity contribution is 6.08. The van der Waals surface area contributed by atoms with Crippen LogP contribution in [-0.2, 0) is 0 Å². The van der Waals surface area contributed by atoms with E-state index < -0.39 is 0 Å². The van der Waals surface area contributed by atoms with Crippen LogP contribution in [0.1, 0.15) is 15.9 Å². The van der Waals surface area contributed by atoms with Gasteiger partial charge in [-0.05, 0) is 36.4 Å². The van der Waals surface area contributed by atoms with Crippen molar-refractivity contribution in [2.75, 3.05) is 17.4 Å². The molecule has 0 aliphatic carbocycles. The number of nitriles is 1. The van der Waals surface area contributed by atoms with E-state index in [2.05, 4.69) is 10.4 Å². The maximum absolute atomic E-state index is 12.4. The minimum Gasteiger partial charge on any atom is -0.311 e. The second-order valence-corrected chi connectivity index (χ2v) is 4.07. The van der Waals surface area contributed by atoms with Crippen molar-refractivity contribution < 1.29 is 4.79 Å². The van der Waals surface area contributed by atoms with E-state index in [0.717, 1.165) is 0 Å². The number of carbonyl (C=O) groups is 1. The molecule has 6 heteroatoms. The predicted molar refractivity (Wildman–Crippen MR) is 75.9 cm³/mol. The first-order chi connectivity index (χ1) is 9.67. The Bertz CT molecular complexity index is 660. The van der Waals surface area contributed by atoms with E-state index in [4.69, 9.17) is 11.1 Å². The molecule has 0 radical (unpaired) electrons. The Morgan fingerprint density at radius 2 is 2.05 bits per heavy atom. The fourth-order valence-corrected chi connectivity index (χ4v) is 1.75. The minimum atomic E-state index is -0.240. The topological polar surface area (TPSA) is 95.0 Å². The zero-order chi connectivity index (χ0) is 14.5. The Balaban J connectivity index is 2.30. The summed E-state index contributed by atoms with van der Waals surface area (Å²) in [5.74, 6) is 5.42. The number of nitrogen functional groups attached to an aromatic ring is 1. The highest BCUT2D eigenvalue weighted by Crippen LogP contribution is 2.19. The van der Waals surface area contributed by atoms with Crippen LogP contribution in [0.3, 0.4) is 0 Å². The van der Waals surface area contributed by atoms with Crippen LogP contribution in [0.2, 0.25) is 0 Å². The van der Waals surface area contributed by atoms with Crippen LogP contribution in [0.15, 0.2) is 42.6 Å². The van der Waals surface area contributed by atoms with E-state index in [0.29, 0.717) is 22.6 Å². The number of nitrogens with two attached hydrogens (primary N) is 1. The van der Waals surface area contributed by atoms with Crippen molar-refractivity contribution >= 4 is 17.4 Å². The molecule has 0 saturated carbocycles. The highest BCUT2D eigenvalue weighted by atomic mass is 16.2. The number of nitrogens with one attached hydrogen (secondary N) is 1. The molecule has 2 aromatic rings. The second kappa shape index (κ2) is 5.82. The first-order valence-electron chi connectivity index (χ1n) is 5.87. The van der Waals surface area contributed by atoms with Gasteiger partial charge in [0.05, 0.1) is 17.2 Å². The molecule has 1 heterocycles. The van der Waals surface area contributed by atoms with Crippen molar-refractivity contribution in [2.24, 2.45) is 5.84 Å². The van der Waals surface area contributed by atoms with Gasteiger partial charge in [0, 0.05) is 18.9 Å². The van der Waals surface area contributed by atoms with Crippen molar-refractivity contribution in [1.82, 2.24) is 4.98 Å². The molecule has 0 unspecified atom stereocenters. The molecule has 0 fully saturated rings. The first kappa shape index (κ1) is 13.5. The van der Waals surface area contributed by atoms with Crippen molar-refractivity contribution in [2.45, 2.75) is 0 Å². The number of benzene rings is 1. The second-order valence-electron chi connectivity index (χ2n) is 4.07. The number of anilines is 2. The number of hydrogen-bond acceptors (Lipinski definition) is 5. The largest absolute Gasteiger partial charge is 0.311 e. The van der Waals surface area contributed by atoms with E-state index in [9.17, 15) is 4.79 Å². The number of aromatic nitrogens is 1. The van der Waals surface area contributed by atoms with Crippen LogP contribution in [0.4, 0.5) is 11.5 Å². The van der Waals surface area contributed by atoms with Gasteiger partial charge in [-0.15, -0.1) is 0 Å². The molecule has 0 spiro atoms. The summed E-state index contributed by atoms with van der Waals surface area (Å²) in [6.07, 6.45) is 1.55. The van der Waals surface area contributed by atoms with Crippen molar-refractivity contribution in [3.63, 3.8) is 0 Å². The number of hydrogen-bond donors (Lipinski definition) is 2. The van der Waals surface area contributed by atoms with Gasteiger partial charge in [0.1, 0.15) is 0 Å².